The van der Waals surface area contributed by atoms with E-state index in [1.54, 1.807) is 18.2 Å². The summed E-state index contributed by atoms with van der Waals surface area (Å²) in [5.41, 5.74) is 29.5. The number of nitrogen functional groups attached to an aromatic ring is 2. The predicted molar refractivity (Wildman–Crippen MR) is 554 cm³/mol. The largest absolute Gasteiger partial charge is 0.481 e. The minimum Gasteiger partial charge on any atom is -0.481 e. The molecule has 134 heavy (non-hydrogen) atoms. The number of H-pyrrole nitrogens is 3. The van der Waals surface area contributed by atoms with Gasteiger partial charge in [0.2, 0.25) is 0 Å². The zero-order chi connectivity index (χ0) is 94.8. The number of hydrogen-bond donors (Lipinski definition) is 7. The van der Waals surface area contributed by atoms with Crippen LogP contribution >= 0.6 is 117 Å². The second-order valence-corrected chi connectivity index (χ2v) is 37.0. The first-order chi connectivity index (χ1) is 64.7. The molecular weight excluding hydrogens is 2020 g/mol. The first-order valence-electron chi connectivity index (χ1n) is 43.2. The Morgan fingerprint density at radius 2 is 0.687 bits per heavy atom. The van der Waals surface area contributed by atoms with Crippen molar-refractivity contribution < 1.29 is 38.9 Å². The van der Waals surface area contributed by atoms with Gasteiger partial charge in [0.25, 0.3) is 0 Å². The van der Waals surface area contributed by atoms with Gasteiger partial charge in [0, 0.05) is 112 Å². The molecule has 3 saturated heterocycles. The second-order valence-electron chi connectivity index (χ2n) is 31.8. The molecule has 3 fully saturated rings. The molecule has 0 amide bonds. The van der Waals surface area contributed by atoms with E-state index in [1.807, 2.05) is 234 Å². The average Bonchev–Trinajstić information content (AvgIpc) is 1.61. The number of aryl methyl sites for hydroxylation is 2. The lowest BCUT2D eigenvalue weighted by atomic mass is 9.97. The van der Waals surface area contributed by atoms with E-state index in [0.29, 0.717) is 73.8 Å². The van der Waals surface area contributed by atoms with Crippen LogP contribution in [0.3, 0.4) is 0 Å². The summed E-state index contributed by atoms with van der Waals surface area (Å²) in [5, 5.41) is 21.5. The molecule has 0 bridgehead atoms. The van der Waals surface area contributed by atoms with Crippen molar-refractivity contribution in [2.75, 3.05) is 78.6 Å². The maximum atomic E-state index is 12.2. The molecule has 0 radical (unpaired) electrons. The summed E-state index contributed by atoms with van der Waals surface area (Å²) >= 11 is 47.5. The number of carboxylic acids is 2. The van der Waals surface area contributed by atoms with Gasteiger partial charge in [0.1, 0.15) is 29.1 Å². The number of benzene rings is 12. The van der Waals surface area contributed by atoms with Gasteiger partial charge in [0.15, 0.2) is 0 Å². The van der Waals surface area contributed by atoms with Crippen molar-refractivity contribution >= 4 is 225 Å². The topological polar surface area (TPSA) is 311 Å². The van der Waals surface area contributed by atoms with Crippen LogP contribution in [0.15, 0.2) is 268 Å². The minimum absolute atomic E-state index is 0.0796. The quantitative estimate of drug-likeness (QED) is 0.0393. The fraction of sp³-hybridized carbons (Fsp3) is 0.206. The molecule has 23 nitrogen and oxygen atoms in total. The van der Waals surface area contributed by atoms with Crippen LogP contribution in [0.5, 0.6) is 0 Å². The number of nitrogens with two attached hydrogens (primary N) is 2. The molecule has 688 valence electrons. The molecule has 12 aromatic carbocycles. The number of aliphatic carboxylic acids is 1. The highest BCUT2D eigenvalue weighted by Gasteiger charge is 2.31. The number of aromatic nitrogens is 10. The van der Waals surface area contributed by atoms with Gasteiger partial charge in [-0.05, 0) is 234 Å². The number of nitrogens with zero attached hydrogens (tertiary/aromatic N) is 10. The first-order valence-corrected chi connectivity index (χ1v) is 47.9. The van der Waals surface area contributed by atoms with Crippen molar-refractivity contribution in [2.24, 2.45) is 31.8 Å². The van der Waals surface area contributed by atoms with Crippen LogP contribution in [0.4, 0.5) is 28.4 Å². The average molecular weight is 2110 g/mol. The SMILES string of the molecule is CCOC(=O)[C@@H]1CCCN(c2ccc(Cl)c(-c3nc4ccccc4[nH]3)c2)C1.CCOC(=O)[C@@H]1CCCN(c2ccc(Cl)c(-c3nc4ccccc4n3C)c2)C1.Clc1ccc(Br)cc1-c1nc2ccccc2[nH]1.Cn1c(-c2cc(Br)ccc2Cl)nc2ccccc21.Nc1ccccc1N.O=C(O)[C@@H]1CCCN(c2ccc(Cl)c(-c3nc4ccccc4[nH]3)c2)C1.O=C(O)c1cc(Br)ccc1Cl. The third-order valence-electron chi connectivity index (χ3n) is 22.8. The number of halogens is 9. The highest BCUT2D eigenvalue weighted by molar-refractivity contribution is 9.11. The monoisotopic (exact) mass is 2100 g/mol. The Hall–Kier alpha value is -12.0. The number of ether oxygens (including phenoxy) is 2. The fourth-order valence-electron chi connectivity index (χ4n) is 15.9. The fourth-order valence-corrected chi connectivity index (χ4v) is 18.2. The van der Waals surface area contributed by atoms with Crippen LogP contribution in [-0.4, -0.2) is 136 Å². The zero-order valence-electron chi connectivity index (χ0n) is 73.3. The van der Waals surface area contributed by atoms with Crippen LogP contribution in [0.25, 0.3) is 112 Å². The molecule has 9 N–H and O–H groups in total. The van der Waals surface area contributed by atoms with Gasteiger partial charge in [-0.3, -0.25) is 14.4 Å². The van der Waals surface area contributed by atoms with Crippen LogP contribution in [0.2, 0.25) is 30.1 Å². The van der Waals surface area contributed by atoms with Crippen molar-refractivity contribution in [3.8, 4) is 56.9 Å². The number of aromatic carboxylic acids is 1. The Balaban J connectivity index is 0.000000129. The van der Waals surface area contributed by atoms with E-state index in [-0.39, 0.29) is 40.3 Å². The summed E-state index contributed by atoms with van der Waals surface area (Å²) in [6.45, 7) is 9.08. The van der Waals surface area contributed by atoms with Gasteiger partial charge in [0.05, 0.1) is 133 Å². The third kappa shape index (κ3) is 24.4. The van der Waals surface area contributed by atoms with E-state index in [1.165, 1.54) is 12.1 Å². The van der Waals surface area contributed by atoms with Crippen molar-refractivity contribution in [3.63, 3.8) is 0 Å². The number of carbonyl (C=O) groups excluding carboxylic acids is 2. The van der Waals surface area contributed by atoms with E-state index in [9.17, 15) is 24.3 Å². The second kappa shape index (κ2) is 45.9. The van der Waals surface area contributed by atoms with Crippen LogP contribution in [-0.2, 0) is 38.0 Å². The minimum atomic E-state index is -1.02. The standard InChI is InChI=1S/C22H24ClN3O2.C21H22ClN3O2.C19H18ClN3O2.C14H10BrClN2.C13H8BrClN2.C7H4BrClO2.C6H8N2/c1-3-28-22(27)15-7-6-12-26(14-15)16-10-11-18(23)17(13-16)21-24-19-8-4-5-9-20(19)25(21)2;1-2-27-21(26)14-6-5-11-25(13-14)15-9-10-17(22)16(12-15)20-23-18-7-3-4-8-19(18)24-20;20-15-8-7-13(23-9-3-4-12(11-23)19(24)25)10-14(15)18-21-16-5-1-2-6-17(16)22-18;1-18-13-5-3-2-4-12(13)17-14(18)10-8-9(15)6-7-11(10)16;14-8-5-6-10(15)9(7-8)13-16-11-3-1-2-4-12(11)17-13;8-4-1-2-6(9)5(3-4)7(10)11;7-5-3-1-2-4-6(5)8/h4-5,8-11,13,15H,3,6-7,12,14H2,1-2H3;3-4,7-10,12,14H,2,5-6,11,13H2,1H3,(H,23,24);1-2,5-8,10,12H,3-4,9,11H2,(H,21,22)(H,24,25);2-8H,1H3;1-7H,(H,16,17);1-3H,(H,10,11);1-4H,7-8H2/t15-;14-;12-;;;;/m111..../s1. The van der Waals surface area contributed by atoms with Gasteiger partial charge < -0.3 is 69.9 Å². The number of fused-ring (bicyclic) bond motifs is 5. The Bertz CT molecular complexity index is 6950. The van der Waals surface area contributed by atoms with Gasteiger partial charge in [-0.2, -0.15) is 0 Å². The maximum absolute atomic E-state index is 12.2. The molecule has 3 aliphatic heterocycles. The van der Waals surface area contributed by atoms with E-state index < -0.39 is 11.9 Å². The normalized spacial score (nSPS) is 14.6. The molecule has 0 spiro atoms. The van der Waals surface area contributed by atoms with Crippen molar-refractivity contribution in [2.45, 2.75) is 52.4 Å². The summed E-state index contributed by atoms with van der Waals surface area (Å²) in [6, 6.07) is 81.0. The first kappa shape index (κ1) is 98.1. The number of para-hydroxylation sites is 12. The Labute approximate surface area is 829 Å². The maximum Gasteiger partial charge on any atom is 0.337 e. The predicted octanol–water partition coefficient (Wildman–Crippen LogP) is 26.5. The third-order valence-corrected chi connectivity index (χ3v) is 26.3. The molecular formula is C102H94Br3Cl6N15O8. The van der Waals surface area contributed by atoms with Gasteiger partial charge in [-0.1, -0.05) is 190 Å². The smallest absolute Gasteiger partial charge is 0.337 e. The van der Waals surface area contributed by atoms with Crippen LogP contribution in [0.1, 0.15) is 62.7 Å². The molecule has 0 saturated carbocycles. The van der Waals surface area contributed by atoms with E-state index >= 15 is 0 Å². The molecule has 3 atom stereocenters. The number of anilines is 5. The summed E-state index contributed by atoms with van der Waals surface area (Å²) in [7, 11) is 4.01. The summed E-state index contributed by atoms with van der Waals surface area (Å²) in [4.78, 5) is 85.8. The molecule has 8 heterocycles. The zero-order valence-corrected chi connectivity index (χ0v) is 82.5. The molecule has 32 heteroatoms. The van der Waals surface area contributed by atoms with E-state index in [0.717, 1.165) is 196 Å². The lowest BCUT2D eigenvalue weighted by Crippen LogP contribution is -2.39. The number of piperidine rings is 3. The van der Waals surface area contributed by atoms with Gasteiger partial charge >= 0.3 is 23.9 Å². The number of carboxylic acid groups (broad SMARTS) is 2. The number of hydrogen-bond acceptors (Lipinski definition) is 16. The van der Waals surface area contributed by atoms with Crippen LogP contribution in [0, 0.1) is 17.8 Å². The Morgan fingerprint density at radius 3 is 1.04 bits per heavy atom. The van der Waals surface area contributed by atoms with E-state index in [4.69, 9.17) is 101 Å². The van der Waals surface area contributed by atoms with Crippen molar-refractivity contribution in [3.05, 3.63) is 304 Å². The van der Waals surface area contributed by atoms with Crippen LogP contribution < -0.4 is 26.2 Å². The Kier molecular flexibility index (Phi) is 33.6. The highest BCUT2D eigenvalue weighted by atomic mass is 79.9. The molecule has 0 aliphatic carbocycles. The van der Waals surface area contributed by atoms with Gasteiger partial charge in [-0.25, -0.2) is 29.7 Å². The number of rotatable bonds is 14. The number of nitrogens with one attached hydrogen (secondary N) is 3. The van der Waals surface area contributed by atoms with E-state index in [2.05, 4.69) is 125 Å². The Morgan fingerprint density at radius 1 is 0.381 bits per heavy atom. The molecule has 5 aromatic heterocycles. The molecule has 3 aliphatic rings. The lowest BCUT2D eigenvalue weighted by Gasteiger charge is -2.33. The molecule has 17 aromatic rings. The lowest BCUT2D eigenvalue weighted by molar-refractivity contribution is -0.149. The summed E-state index contributed by atoms with van der Waals surface area (Å²) in [5.74, 6) is 1.55. The summed E-state index contributed by atoms with van der Waals surface area (Å²) < 4.78 is 17.2. The number of esters is 2. The number of imidazole rings is 5. The van der Waals surface area contributed by atoms with Gasteiger partial charge in [-0.15, -0.1) is 0 Å². The number of carbonyl (C=O) groups is 4. The molecule has 0 unspecified atom stereocenters. The highest BCUT2D eigenvalue weighted by Crippen LogP contribution is 2.40. The number of aromatic amines is 3. The van der Waals surface area contributed by atoms with Crippen molar-refractivity contribution in [1.82, 2.24) is 49.0 Å². The molecule has 20 rings (SSSR count). The van der Waals surface area contributed by atoms with Crippen molar-refractivity contribution in [1.29, 1.82) is 0 Å². The summed E-state index contributed by atoms with van der Waals surface area (Å²) in [6.07, 6.45) is 5.29.